The van der Waals surface area contributed by atoms with Crippen LogP contribution in [0.15, 0.2) is 23.8 Å². The second-order valence-corrected chi connectivity index (χ2v) is 7.54. The average Bonchev–Trinajstić information content (AvgIpc) is 2.31. The van der Waals surface area contributed by atoms with Gasteiger partial charge in [0.1, 0.15) is 0 Å². The highest BCUT2D eigenvalue weighted by Gasteiger charge is 1.86. The van der Waals surface area contributed by atoms with Crippen LogP contribution in [0.3, 0.4) is 0 Å². The first-order valence-electron chi connectivity index (χ1n) is 6.81. The molecular formula is C14H29P2+. The SMILES string of the molecule is CCCCC/C=C/P[PH2+]/C=C/CCCCC. The smallest absolute Gasteiger partial charge is 0.0648 e. The topological polar surface area (TPSA) is 0 Å². The van der Waals surface area contributed by atoms with Crippen molar-refractivity contribution in [2.75, 3.05) is 0 Å². The van der Waals surface area contributed by atoms with Gasteiger partial charge in [-0.3, -0.25) is 0 Å². The van der Waals surface area contributed by atoms with E-state index in [1.54, 1.807) is 0 Å². The molecule has 0 nitrogen and oxygen atoms in total. The van der Waals surface area contributed by atoms with Crippen molar-refractivity contribution >= 4 is 16.5 Å². The Morgan fingerprint density at radius 1 is 0.875 bits per heavy atom. The molecule has 2 atom stereocenters. The molecule has 0 rings (SSSR count). The quantitative estimate of drug-likeness (QED) is 0.307. The van der Waals surface area contributed by atoms with E-state index in [1.807, 2.05) is 0 Å². The predicted octanol–water partition coefficient (Wildman–Crippen LogP) is 6.18. The summed E-state index contributed by atoms with van der Waals surface area (Å²) < 4.78 is 0. The molecule has 94 valence electrons. The largest absolute Gasteiger partial charge is 0.0808 e. The van der Waals surface area contributed by atoms with E-state index >= 15 is 0 Å². The number of rotatable bonds is 11. The van der Waals surface area contributed by atoms with Crippen molar-refractivity contribution in [2.24, 2.45) is 0 Å². The van der Waals surface area contributed by atoms with E-state index in [0.717, 1.165) is 8.27 Å². The highest BCUT2D eigenvalue weighted by Crippen LogP contribution is 2.39. The molecule has 2 heteroatoms. The summed E-state index contributed by atoms with van der Waals surface area (Å²) in [6, 6.07) is 0. The zero-order chi connectivity index (χ0) is 11.9. The Bertz CT molecular complexity index is 154. The van der Waals surface area contributed by atoms with Crippen LogP contribution >= 0.6 is 16.5 Å². The second-order valence-electron chi connectivity index (χ2n) is 4.16. The molecule has 0 spiro atoms. The molecular weight excluding hydrogens is 230 g/mol. The molecule has 0 amide bonds. The number of hydrogen-bond acceptors (Lipinski definition) is 0. The van der Waals surface area contributed by atoms with Crippen LogP contribution in [-0.2, 0) is 0 Å². The number of allylic oxidation sites excluding steroid dienone is 2. The van der Waals surface area contributed by atoms with Crippen molar-refractivity contribution in [2.45, 2.75) is 65.2 Å². The summed E-state index contributed by atoms with van der Waals surface area (Å²) in [6.07, 6.45) is 15.6. The minimum atomic E-state index is 0.557. The maximum absolute atomic E-state index is 2.44. The third-order valence-corrected chi connectivity index (χ3v) is 5.31. The van der Waals surface area contributed by atoms with Gasteiger partial charge < -0.3 is 0 Å². The van der Waals surface area contributed by atoms with Gasteiger partial charge in [0.25, 0.3) is 0 Å². The van der Waals surface area contributed by atoms with Crippen molar-refractivity contribution in [1.82, 2.24) is 0 Å². The highest BCUT2D eigenvalue weighted by molar-refractivity contribution is 8.14. The molecule has 0 aliphatic carbocycles. The van der Waals surface area contributed by atoms with E-state index in [1.165, 1.54) is 51.4 Å². The van der Waals surface area contributed by atoms with Crippen molar-refractivity contribution in [1.29, 1.82) is 0 Å². The third-order valence-electron chi connectivity index (χ3n) is 2.49. The summed E-state index contributed by atoms with van der Waals surface area (Å²) in [7, 11) is 1.63. The summed E-state index contributed by atoms with van der Waals surface area (Å²) in [6.45, 7) is 4.53. The molecule has 0 aromatic carbocycles. The zero-order valence-electron chi connectivity index (χ0n) is 11.0. The van der Waals surface area contributed by atoms with Crippen LogP contribution in [0.25, 0.3) is 0 Å². The van der Waals surface area contributed by atoms with Crippen LogP contribution in [0.2, 0.25) is 0 Å². The lowest BCUT2D eigenvalue weighted by Gasteiger charge is -1.90. The number of hydrogen-bond donors (Lipinski definition) is 0. The van der Waals surface area contributed by atoms with Crippen molar-refractivity contribution in [3.05, 3.63) is 23.8 Å². The summed E-state index contributed by atoms with van der Waals surface area (Å²) in [5, 5.41) is 0. The van der Waals surface area contributed by atoms with Crippen LogP contribution in [-0.4, -0.2) is 0 Å². The minimum absolute atomic E-state index is 0.557. The lowest BCUT2D eigenvalue weighted by atomic mass is 10.2. The molecule has 0 radical (unpaired) electrons. The Morgan fingerprint density at radius 3 is 2.12 bits per heavy atom. The fourth-order valence-corrected chi connectivity index (χ4v) is 3.79. The molecule has 16 heavy (non-hydrogen) atoms. The van der Waals surface area contributed by atoms with Gasteiger partial charge in [-0.05, 0) is 37.6 Å². The molecule has 0 aromatic heterocycles. The van der Waals surface area contributed by atoms with E-state index in [-0.39, 0.29) is 0 Å². The first kappa shape index (κ1) is 16.3. The molecule has 0 saturated heterocycles. The molecule has 0 aliphatic rings. The van der Waals surface area contributed by atoms with Crippen LogP contribution in [0.5, 0.6) is 0 Å². The van der Waals surface area contributed by atoms with Gasteiger partial charge in [0.15, 0.2) is 0 Å². The van der Waals surface area contributed by atoms with E-state index in [4.69, 9.17) is 0 Å². The first-order chi connectivity index (χ1) is 7.91. The summed E-state index contributed by atoms with van der Waals surface area (Å²) in [5.74, 6) is 4.84. The maximum atomic E-state index is 2.44. The minimum Gasteiger partial charge on any atom is -0.0808 e. The van der Waals surface area contributed by atoms with Crippen LogP contribution in [0.4, 0.5) is 0 Å². The monoisotopic (exact) mass is 259 g/mol. The molecule has 2 unspecified atom stereocenters. The van der Waals surface area contributed by atoms with Gasteiger partial charge in [-0.25, -0.2) is 0 Å². The van der Waals surface area contributed by atoms with Gasteiger partial charge in [0, 0.05) is 8.27 Å². The Labute approximate surface area is 106 Å². The van der Waals surface area contributed by atoms with Crippen molar-refractivity contribution in [3.63, 3.8) is 0 Å². The summed E-state index contributed by atoms with van der Waals surface area (Å²) in [4.78, 5) is 0. The average molecular weight is 259 g/mol. The predicted molar refractivity (Wildman–Crippen MR) is 84.6 cm³/mol. The van der Waals surface area contributed by atoms with Gasteiger partial charge >= 0.3 is 0 Å². The Balaban J connectivity index is 3.12. The molecule has 0 N–H and O–H groups in total. The number of unbranched alkanes of at least 4 members (excludes halogenated alkanes) is 6. The molecule has 0 saturated carbocycles. The van der Waals surface area contributed by atoms with Gasteiger partial charge in [-0.1, -0.05) is 45.6 Å². The summed E-state index contributed by atoms with van der Waals surface area (Å²) >= 11 is 0. The van der Waals surface area contributed by atoms with Crippen LogP contribution < -0.4 is 0 Å². The van der Waals surface area contributed by atoms with E-state index in [2.05, 4.69) is 37.6 Å². The van der Waals surface area contributed by atoms with E-state index in [0.29, 0.717) is 8.27 Å². The van der Waals surface area contributed by atoms with Crippen LogP contribution in [0.1, 0.15) is 65.2 Å². The molecule has 0 aromatic rings. The van der Waals surface area contributed by atoms with Gasteiger partial charge in [-0.15, -0.1) is 0 Å². The van der Waals surface area contributed by atoms with Crippen molar-refractivity contribution < 1.29 is 0 Å². The lowest BCUT2D eigenvalue weighted by Crippen LogP contribution is -1.69. The van der Waals surface area contributed by atoms with Gasteiger partial charge in [0.2, 0.25) is 0 Å². The maximum Gasteiger partial charge on any atom is 0.0648 e. The third kappa shape index (κ3) is 14.3. The van der Waals surface area contributed by atoms with Gasteiger partial charge in [-0.2, -0.15) is 0 Å². The molecule has 0 bridgehead atoms. The fraction of sp³-hybridized carbons (Fsp3) is 0.714. The highest BCUT2D eigenvalue weighted by atomic mass is 32.0. The normalized spacial score (nSPS) is 13.4. The zero-order valence-corrected chi connectivity index (χ0v) is 13.2. The Kier molecular flexibility index (Phi) is 15.7. The van der Waals surface area contributed by atoms with Gasteiger partial charge in [0.05, 0.1) is 14.1 Å². The van der Waals surface area contributed by atoms with Crippen molar-refractivity contribution in [3.8, 4) is 0 Å². The Hall–Kier alpha value is 0.340. The lowest BCUT2D eigenvalue weighted by molar-refractivity contribution is 0.729. The summed E-state index contributed by atoms with van der Waals surface area (Å²) in [5.41, 5.74) is 0. The molecule has 0 aliphatic heterocycles. The van der Waals surface area contributed by atoms with E-state index in [9.17, 15) is 0 Å². The fourth-order valence-electron chi connectivity index (χ4n) is 1.45. The van der Waals surface area contributed by atoms with Crippen LogP contribution in [0, 0.1) is 0 Å². The van der Waals surface area contributed by atoms with E-state index < -0.39 is 0 Å². The standard InChI is InChI=1S/C14H28P2/c1-3-5-7-9-11-13-15-16-14-12-10-8-6-4-2/h11-16H,3-10H2,1-2H3/p+1/b13-11+,14-12+. The molecule has 0 heterocycles. The second kappa shape index (κ2) is 15.3. The molecule has 0 fully saturated rings. The Morgan fingerprint density at radius 2 is 1.50 bits per heavy atom. The first-order valence-corrected chi connectivity index (χ1v) is 10.4.